The Morgan fingerprint density at radius 1 is 0.632 bits per heavy atom. The molecule has 1 aromatic carbocycles. The highest BCUT2D eigenvalue weighted by atomic mass is 16.3. The van der Waals surface area contributed by atoms with Crippen LogP contribution < -0.4 is 76.5 Å². The smallest absolute Gasteiger partial charge is 0.245 e. The summed E-state index contributed by atoms with van der Waals surface area (Å²) in [5.41, 5.74) is 29.6. The number of benzene rings is 1. The van der Waals surface area contributed by atoms with Gasteiger partial charge >= 0.3 is 0 Å². The molecule has 1 heterocycles. The minimum atomic E-state index is -1.63. The largest absolute Gasteiger partial charge is 0.391 e. The highest BCUT2D eigenvalue weighted by Gasteiger charge is 2.36. The molecule has 0 unspecified atom stereocenters. The quantitative estimate of drug-likeness (QED) is 0.0650. The van der Waals surface area contributed by atoms with Crippen LogP contribution in [0.2, 0.25) is 0 Å². The second-order valence-corrected chi connectivity index (χ2v) is 17.1. The summed E-state index contributed by atoms with van der Waals surface area (Å²) < 4.78 is 0. The number of carbonyl (C=O) groups excluding carboxylic acids is 9. The maximum Gasteiger partial charge on any atom is 0.245 e. The Kier molecular flexibility index (Phi) is 25.6. The van der Waals surface area contributed by atoms with Gasteiger partial charge in [0.25, 0.3) is 0 Å². The lowest BCUT2D eigenvalue weighted by Gasteiger charge is -2.28. The Morgan fingerprint density at radius 2 is 1.10 bits per heavy atom. The van der Waals surface area contributed by atoms with E-state index in [4.69, 9.17) is 28.7 Å². The van der Waals surface area contributed by atoms with Crippen LogP contribution in [0.4, 0.5) is 0 Å². The van der Waals surface area contributed by atoms with E-state index in [2.05, 4.69) is 47.9 Å². The van der Waals surface area contributed by atoms with Gasteiger partial charge in [-0.3, -0.25) is 43.2 Å². The van der Waals surface area contributed by atoms with Gasteiger partial charge in [-0.2, -0.15) is 0 Å². The fourth-order valence-electron chi connectivity index (χ4n) is 7.00. The van der Waals surface area contributed by atoms with Crippen molar-refractivity contribution in [3.8, 4) is 0 Å². The van der Waals surface area contributed by atoms with E-state index in [1.165, 1.54) is 13.8 Å². The van der Waals surface area contributed by atoms with E-state index < -0.39 is 126 Å². The summed E-state index contributed by atoms with van der Waals surface area (Å²) >= 11 is 0. The highest BCUT2D eigenvalue weighted by Crippen LogP contribution is 2.11. The molecular formula is C43H74N14O11. The second-order valence-electron chi connectivity index (χ2n) is 17.1. The zero-order valence-electron chi connectivity index (χ0n) is 39.3. The summed E-state index contributed by atoms with van der Waals surface area (Å²) in [6.45, 7) is 5.20. The molecule has 1 aliphatic rings. The Hall–Kier alpha value is -5.83. The third-order valence-electron chi connectivity index (χ3n) is 10.9. The third kappa shape index (κ3) is 19.4. The summed E-state index contributed by atoms with van der Waals surface area (Å²) in [5.74, 6) is -8.14. The summed E-state index contributed by atoms with van der Waals surface area (Å²) in [5, 5.41) is 43.4. The fourth-order valence-corrected chi connectivity index (χ4v) is 7.00. The molecule has 1 aliphatic heterocycles. The number of amides is 9. The zero-order chi connectivity index (χ0) is 51.1. The predicted octanol–water partition coefficient (Wildman–Crippen LogP) is -6.84. The molecule has 1 fully saturated rings. The van der Waals surface area contributed by atoms with E-state index in [1.807, 2.05) is 0 Å². The molecule has 1 aromatic rings. The molecule has 382 valence electrons. The maximum atomic E-state index is 14.2. The van der Waals surface area contributed by atoms with Crippen molar-refractivity contribution in [1.82, 2.24) is 47.9 Å². The number of aliphatic hydroxyl groups is 2. The fraction of sp³-hybridized carbons (Fsp3) is 0.651. The molecule has 1 saturated heterocycles. The summed E-state index contributed by atoms with van der Waals surface area (Å²) in [6.07, 6.45) is -3.78. The van der Waals surface area contributed by atoms with Gasteiger partial charge in [-0.25, -0.2) is 0 Å². The first-order valence-electron chi connectivity index (χ1n) is 22.8. The van der Waals surface area contributed by atoms with Crippen LogP contribution in [0.3, 0.4) is 0 Å². The molecule has 0 radical (unpaired) electrons. The van der Waals surface area contributed by atoms with Gasteiger partial charge in [-0.1, -0.05) is 44.2 Å². The molecule has 2 rings (SSSR count). The number of hydrogen-bond donors (Lipinski definition) is 16. The van der Waals surface area contributed by atoms with Crippen LogP contribution in [-0.2, 0) is 49.6 Å². The van der Waals surface area contributed by atoms with Gasteiger partial charge in [0, 0.05) is 13.0 Å². The molecule has 25 nitrogen and oxygen atoms in total. The summed E-state index contributed by atoms with van der Waals surface area (Å²) in [4.78, 5) is 124. The van der Waals surface area contributed by atoms with E-state index in [9.17, 15) is 53.4 Å². The van der Waals surface area contributed by atoms with Crippen LogP contribution in [0.25, 0.3) is 0 Å². The van der Waals surface area contributed by atoms with Crippen LogP contribution in [-0.4, -0.2) is 163 Å². The molecule has 9 amide bonds. The first-order chi connectivity index (χ1) is 32.2. The standard InChI is InChI=1S/C43H74N14O11/c1-22(2)20-31-40(65)52-26(10-15-44)35(60)51-29(13-18-47)39(64)57-34(24(4)59)43(68)49-19-14-30(53-36(61)28(12-17-46)54-42(67)33(48)23(3)58)38(63)50-27(11-16-45)37(62)56-32(41(66)55-31)21-25-8-6-5-7-9-25/h5-9,22-24,26-34,58-59H,10-21,44-48H2,1-4H3,(H,49,68)(H,50,63)(H,51,60)(H,52,65)(H,53,61)(H,54,67)(H,55,66)(H,56,62)(H,57,64)/t23-,24-,26+,27-,28+,29-,30-,31-,32-,33+,34+/m1/s1. The van der Waals surface area contributed by atoms with Gasteiger partial charge in [0.05, 0.1) is 12.2 Å². The zero-order valence-corrected chi connectivity index (χ0v) is 39.3. The number of nitrogens with one attached hydrogen (secondary N) is 9. The van der Waals surface area contributed by atoms with Crippen LogP contribution in [0.5, 0.6) is 0 Å². The van der Waals surface area contributed by atoms with Crippen LogP contribution in [0.1, 0.15) is 71.8 Å². The van der Waals surface area contributed by atoms with E-state index in [1.54, 1.807) is 44.2 Å². The van der Waals surface area contributed by atoms with Crippen LogP contribution in [0.15, 0.2) is 30.3 Å². The lowest BCUT2D eigenvalue weighted by atomic mass is 10.00. The van der Waals surface area contributed by atoms with Crippen LogP contribution >= 0.6 is 0 Å². The lowest BCUT2D eigenvalue weighted by Crippen LogP contribution is -2.61. The molecule has 0 saturated carbocycles. The number of carbonyl (C=O) groups is 9. The van der Waals surface area contributed by atoms with E-state index in [-0.39, 0.29) is 77.0 Å². The minimum absolute atomic E-state index is 0.0731. The van der Waals surface area contributed by atoms with E-state index >= 15 is 0 Å². The lowest BCUT2D eigenvalue weighted by molar-refractivity contribution is -0.136. The van der Waals surface area contributed by atoms with Crippen molar-refractivity contribution in [2.45, 2.75) is 139 Å². The van der Waals surface area contributed by atoms with Gasteiger partial charge in [-0.05, 0) is 90.0 Å². The van der Waals surface area contributed by atoms with Crippen molar-refractivity contribution in [3.63, 3.8) is 0 Å². The number of aliphatic hydroxyl groups excluding tert-OH is 2. The second kappa shape index (κ2) is 29.8. The maximum absolute atomic E-state index is 14.2. The van der Waals surface area contributed by atoms with Crippen molar-refractivity contribution < 1.29 is 53.4 Å². The number of rotatable bonds is 18. The molecule has 0 bridgehead atoms. The topological polar surface area (TPSA) is 432 Å². The monoisotopic (exact) mass is 963 g/mol. The SMILES string of the molecule is CC(C)C[C@H]1NC(=O)[C@@H](Cc2ccccc2)NC(=O)[C@@H](CCN)NC(=O)[C@H](NC(=O)[C@H](CCN)NC(=O)[C@@H](N)[C@@H](C)O)CCNC(=O)[C@H]([C@@H](C)O)NC(=O)[C@@H](CCN)NC(=O)[C@H](CCN)NC1=O. The Morgan fingerprint density at radius 3 is 1.59 bits per heavy atom. The van der Waals surface area contributed by atoms with Gasteiger partial charge in [-0.15, -0.1) is 0 Å². The van der Waals surface area contributed by atoms with Crippen molar-refractivity contribution in [1.29, 1.82) is 0 Å². The van der Waals surface area contributed by atoms with Gasteiger partial charge in [0.15, 0.2) is 0 Å². The number of nitrogens with two attached hydrogens (primary N) is 5. The average Bonchev–Trinajstić information content (AvgIpc) is 3.28. The van der Waals surface area contributed by atoms with Crippen molar-refractivity contribution in [3.05, 3.63) is 35.9 Å². The van der Waals surface area contributed by atoms with Gasteiger partial charge in [0.1, 0.15) is 54.4 Å². The van der Waals surface area contributed by atoms with E-state index in [0.717, 1.165) is 0 Å². The molecule has 0 spiro atoms. The van der Waals surface area contributed by atoms with Crippen molar-refractivity contribution in [2.75, 3.05) is 32.7 Å². The molecule has 21 N–H and O–H groups in total. The van der Waals surface area contributed by atoms with Crippen molar-refractivity contribution >= 4 is 53.2 Å². The molecule has 68 heavy (non-hydrogen) atoms. The first-order valence-corrected chi connectivity index (χ1v) is 22.8. The molecule has 0 aromatic heterocycles. The number of hydrogen-bond acceptors (Lipinski definition) is 16. The van der Waals surface area contributed by atoms with Gasteiger partial charge in [0.2, 0.25) is 53.2 Å². The first kappa shape index (κ1) is 58.3. The normalized spacial score (nSPS) is 24.9. The minimum Gasteiger partial charge on any atom is -0.391 e. The highest BCUT2D eigenvalue weighted by molar-refractivity contribution is 5.98. The Bertz CT molecular complexity index is 1840. The third-order valence-corrected chi connectivity index (χ3v) is 10.9. The molecule has 0 aliphatic carbocycles. The van der Waals surface area contributed by atoms with E-state index in [0.29, 0.717) is 5.56 Å². The molecule has 11 atom stereocenters. The average molecular weight is 963 g/mol. The molecule has 25 heteroatoms. The van der Waals surface area contributed by atoms with Gasteiger partial charge < -0.3 is 86.7 Å². The predicted molar refractivity (Wildman–Crippen MR) is 249 cm³/mol. The van der Waals surface area contributed by atoms with Crippen LogP contribution in [0, 0.1) is 5.92 Å². The summed E-state index contributed by atoms with van der Waals surface area (Å²) in [7, 11) is 0. The summed E-state index contributed by atoms with van der Waals surface area (Å²) in [6, 6.07) is -4.14. The Balaban J connectivity index is 2.74. The van der Waals surface area contributed by atoms with Crippen molar-refractivity contribution in [2.24, 2.45) is 34.6 Å². The Labute approximate surface area is 396 Å². The molecular weight excluding hydrogens is 889 g/mol.